The van der Waals surface area contributed by atoms with E-state index in [1.165, 1.54) is 16.2 Å². The van der Waals surface area contributed by atoms with E-state index in [-0.39, 0.29) is 19.7 Å². The molecule has 0 aliphatic heterocycles. The van der Waals surface area contributed by atoms with Crippen LogP contribution in [0.1, 0.15) is 22.4 Å². The first kappa shape index (κ1) is 29.5. The number of benzene rings is 4. The molecule has 7 nitrogen and oxygen atoms in total. The molecule has 0 bridgehead atoms. The van der Waals surface area contributed by atoms with Crippen molar-refractivity contribution >= 4 is 23.5 Å². The summed E-state index contributed by atoms with van der Waals surface area (Å²) < 4.78 is 5.59. The van der Waals surface area contributed by atoms with Crippen LogP contribution in [0.4, 0.5) is 9.59 Å². The molecule has 218 valence electrons. The fourth-order valence-electron chi connectivity index (χ4n) is 4.77. The minimum Gasteiger partial charge on any atom is -0.465 e. The molecule has 0 spiro atoms. The van der Waals surface area contributed by atoms with Gasteiger partial charge in [0.2, 0.25) is 0 Å². The molecular formula is C35H33N3O4S. The maximum Gasteiger partial charge on any atom is 0.410 e. The van der Waals surface area contributed by atoms with Gasteiger partial charge in [0.25, 0.3) is 0 Å². The summed E-state index contributed by atoms with van der Waals surface area (Å²) in [5.41, 5.74) is 7.97. The van der Waals surface area contributed by atoms with Gasteiger partial charge < -0.3 is 19.6 Å². The minimum atomic E-state index is -0.997. The Bertz CT molecular complexity index is 1580. The number of rotatable bonds is 12. The van der Waals surface area contributed by atoms with Crippen LogP contribution in [0.15, 0.2) is 121 Å². The van der Waals surface area contributed by atoms with E-state index in [0.717, 1.165) is 38.3 Å². The van der Waals surface area contributed by atoms with Crippen LogP contribution in [0, 0.1) is 0 Å². The zero-order chi connectivity index (χ0) is 29.9. The molecule has 0 saturated heterocycles. The molecular weight excluding hydrogens is 558 g/mol. The number of hydrogen-bond donors (Lipinski definition) is 1. The van der Waals surface area contributed by atoms with Crippen LogP contribution in [-0.4, -0.2) is 45.2 Å². The molecule has 0 unspecified atom stereocenters. The average molecular weight is 592 g/mol. The van der Waals surface area contributed by atoms with Crippen molar-refractivity contribution < 1.29 is 19.4 Å². The summed E-state index contributed by atoms with van der Waals surface area (Å²) in [6.07, 6.45) is 0.704. The third-order valence-corrected chi connectivity index (χ3v) is 7.83. The van der Waals surface area contributed by atoms with Gasteiger partial charge in [0.1, 0.15) is 6.61 Å². The van der Waals surface area contributed by atoms with Gasteiger partial charge in [0.05, 0.1) is 10.4 Å². The molecule has 0 aliphatic carbocycles. The molecule has 0 aliphatic rings. The topological polar surface area (TPSA) is 83.0 Å². The lowest BCUT2D eigenvalue weighted by molar-refractivity contribution is 0.0919. The lowest BCUT2D eigenvalue weighted by Gasteiger charge is -2.25. The molecule has 1 heterocycles. The number of aromatic nitrogens is 1. The van der Waals surface area contributed by atoms with E-state index >= 15 is 0 Å². The van der Waals surface area contributed by atoms with Crippen molar-refractivity contribution in [2.24, 2.45) is 0 Å². The third-order valence-electron chi connectivity index (χ3n) is 7.08. The van der Waals surface area contributed by atoms with Gasteiger partial charge in [-0.15, -0.1) is 11.3 Å². The molecule has 8 heteroatoms. The molecule has 4 aromatic carbocycles. The maximum atomic E-state index is 13.1. The second kappa shape index (κ2) is 14.8. The number of carbonyl (C=O) groups is 2. The summed E-state index contributed by atoms with van der Waals surface area (Å²) in [5, 5.41) is 9.90. The Balaban J connectivity index is 1.21. The van der Waals surface area contributed by atoms with Gasteiger partial charge in [-0.3, -0.25) is 4.98 Å². The predicted octanol–water partition coefficient (Wildman–Crippen LogP) is 8.19. The summed E-state index contributed by atoms with van der Waals surface area (Å²) in [5.74, 6) is 0. The number of ether oxygens (including phenoxy) is 1. The van der Waals surface area contributed by atoms with Gasteiger partial charge in [-0.05, 0) is 39.8 Å². The Kier molecular flexibility index (Phi) is 10.2. The third kappa shape index (κ3) is 8.53. The maximum absolute atomic E-state index is 13.1. The van der Waals surface area contributed by atoms with E-state index in [4.69, 9.17) is 4.74 Å². The number of hydrogen-bond acceptors (Lipinski definition) is 5. The van der Waals surface area contributed by atoms with Crippen molar-refractivity contribution in [1.82, 2.24) is 14.8 Å². The molecule has 5 aromatic rings. The zero-order valence-electron chi connectivity index (χ0n) is 23.7. The van der Waals surface area contributed by atoms with Crippen LogP contribution in [-0.2, 0) is 24.4 Å². The fourth-order valence-corrected chi connectivity index (χ4v) is 5.28. The van der Waals surface area contributed by atoms with E-state index in [9.17, 15) is 14.7 Å². The normalized spacial score (nSPS) is 10.7. The van der Waals surface area contributed by atoms with Crippen LogP contribution < -0.4 is 0 Å². The highest BCUT2D eigenvalue weighted by Crippen LogP contribution is 2.22. The molecule has 2 amide bonds. The molecule has 0 fully saturated rings. The first-order valence-electron chi connectivity index (χ1n) is 14.1. The van der Waals surface area contributed by atoms with Crippen molar-refractivity contribution in [3.8, 4) is 22.3 Å². The Morgan fingerprint density at radius 1 is 0.674 bits per heavy atom. The SMILES string of the molecule is O=C(O)N(CCCN(Cc1ccc(-c2ccccc2)cc1)C(=O)OCc1cncs1)Cc1ccc(-c2ccccc2)cc1. The van der Waals surface area contributed by atoms with Crippen molar-refractivity contribution in [2.45, 2.75) is 26.1 Å². The smallest absolute Gasteiger partial charge is 0.410 e. The quantitative estimate of drug-likeness (QED) is 0.158. The van der Waals surface area contributed by atoms with E-state index in [0.29, 0.717) is 19.5 Å². The standard InChI is InChI=1S/C35H33N3O4S/c39-34(40)37(23-27-12-16-31(17-13-27)29-8-3-1-4-9-29)20-7-21-38(35(41)42-25-33-22-36-26-43-33)24-28-14-18-32(19-15-28)30-10-5-2-6-11-30/h1-6,8-19,22,26H,7,20-21,23-25H2,(H,39,40). The van der Waals surface area contributed by atoms with E-state index in [1.807, 2.05) is 97.1 Å². The summed E-state index contributed by atoms with van der Waals surface area (Å²) >= 11 is 1.43. The number of nitrogens with zero attached hydrogens (tertiary/aromatic N) is 3. The summed E-state index contributed by atoms with van der Waals surface area (Å²) in [6, 6.07) is 36.2. The van der Waals surface area contributed by atoms with E-state index < -0.39 is 12.2 Å². The monoisotopic (exact) mass is 591 g/mol. The number of thiazole rings is 1. The predicted molar refractivity (Wildman–Crippen MR) is 170 cm³/mol. The lowest BCUT2D eigenvalue weighted by atomic mass is 10.0. The molecule has 5 rings (SSSR count). The molecule has 1 aromatic heterocycles. The van der Waals surface area contributed by atoms with Crippen LogP contribution in [0.3, 0.4) is 0 Å². The number of carbonyl (C=O) groups excluding carboxylic acids is 1. The van der Waals surface area contributed by atoms with Gasteiger partial charge in [-0.25, -0.2) is 9.59 Å². The second-order valence-corrected chi connectivity index (χ2v) is 11.1. The highest BCUT2D eigenvalue weighted by molar-refractivity contribution is 7.09. The van der Waals surface area contributed by atoms with Crippen molar-refractivity contribution in [3.63, 3.8) is 0 Å². The highest BCUT2D eigenvalue weighted by Gasteiger charge is 2.18. The van der Waals surface area contributed by atoms with Gasteiger partial charge in [0, 0.05) is 32.4 Å². The Morgan fingerprint density at radius 3 is 1.65 bits per heavy atom. The zero-order valence-corrected chi connectivity index (χ0v) is 24.5. The first-order chi connectivity index (χ1) is 21.0. The van der Waals surface area contributed by atoms with Crippen LogP contribution in [0.25, 0.3) is 22.3 Å². The summed E-state index contributed by atoms with van der Waals surface area (Å²) in [7, 11) is 0. The average Bonchev–Trinajstić information content (AvgIpc) is 3.58. The number of carboxylic acid groups (broad SMARTS) is 1. The van der Waals surface area contributed by atoms with Crippen molar-refractivity contribution in [1.29, 1.82) is 0 Å². The second-order valence-electron chi connectivity index (χ2n) is 10.1. The number of amides is 2. The lowest BCUT2D eigenvalue weighted by Crippen LogP contribution is -2.35. The Hall–Kier alpha value is -4.95. The molecule has 0 radical (unpaired) electrons. The molecule has 0 atom stereocenters. The van der Waals surface area contributed by atoms with Gasteiger partial charge >= 0.3 is 12.2 Å². The first-order valence-corrected chi connectivity index (χ1v) is 15.0. The molecule has 1 N–H and O–H groups in total. The van der Waals surface area contributed by atoms with Gasteiger partial charge in [0.15, 0.2) is 0 Å². The van der Waals surface area contributed by atoms with Crippen molar-refractivity contribution in [3.05, 3.63) is 137 Å². The largest absolute Gasteiger partial charge is 0.465 e. The fraction of sp³-hybridized carbons (Fsp3) is 0.171. The van der Waals surface area contributed by atoms with Crippen LogP contribution in [0.5, 0.6) is 0 Å². The van der Waals surface area contributed by atoms with Crippen molar-refractivity contribution in [2.75, 3.05) is 13.1 Å². The highest BCUT2D eigenvalue weighted by atomic mass is 32.1. The minimum absolute atomic E-state index is 0.146. The Morgan fingerprint density at radius 2 is 1.16 bits per heavy atom. The van der Waals surface area contributed by atoms with Gasteiger partial charge in [-0.1, -0.05) is 109 Å². The summed E-state index contributed by atoms with van der Waals surface area (Å²) in [6.45, 7) is 1.39. The summed E-state index contributed by atoms with van der Waals surface area (Å²) in [4.78, 5) is 33.1. The van der Waals surface area contributed by atoms with Crippen LogP contribution in [0.2, 0.25) is 0 Å². The van der Waals surface area contributed by atoms with E-state index in [2.05, 4.69) is 17.1 Å². The Labute approximate surface area is 255 Å². The van der Waals surface area contributed by atoms with Crippen LogP contribution >= 0.6 is 11.3 Å². The van der Waals surface area contributed by atoms with Gasteiger partial charge in [-0.2, -0.15) is 0 Å². The molecule has 43 heavy (non-hydrogen) atoms. The molecule has 0 saturated carbocycles. The van der Waals surface area contributed by atoms with E-state index in [1.54, 1.807) is 16.6 Å².